The van der Waals surface area contributed by atoms with Gasteiger partial charge in [0.25, 0.3) is 0 Å². The van der Waals surface area contributed by atoms with E-state index in [0.717, 1.165) is 38.6 Å². The van der Waals surface area contributed by atoms with Crippen LogP contribution in [0.3, 0.4) is 0 Å². The van der Waals surface area contributed by atoms with Crippen molar-refractivity contribution in [1.29, 1.82) is 0 Å². The molecule has 0 aromatic rings. The molecule has 3 amide bonds. The lowest BCUT2D eigenvalue weighted by Gasteiger charge is -2.36. The highest BCUT2D eigenvalue weighted by Crippen LogP contribution is 2.20. The first-order valence-electron chi connectivity index (χ1n) is 14.3. The van der Waals surface area contributed by atoms with E-state index in [4.69, 9.17) is 0 Å². The van der Waals surface area contributed by atoms with Crippen molar-refractivity contribution in [3.63, 3.8) is 0 Å². The third-order valence-electron chi connectivity index (χ3n) is 8.00. The van der Waals surface area contributed by atoms with Crippen LogP contribution in [0.5, 0.6) is 0 Å². The van der Waals surface area contributed by atoms with Gasteiger partial charge in [-0.15, -0.1) is 0 Å². The van der Waals surface area contributed by atoms with Crippen molar-refractivity contribution >= 4 is 17.7 Å². The summed E-state index contributed by atoms with van der Waals surface area (Å²) in [5.41, 5.74) is 0.643. The monoisotopic (exact) mass is 504 g/mol. The summed E-state index contributed by atoms with van der Waals surface area (Å²) in [4.78, 5) is 43.5. The summed E-state index contributed by atoms with van der Waals surface area (Å²) in [7, 11) is 3.77. The van der Waals surface area contributed by atoms with Crippen LogP contribution in [0.1, 0.15) is 98.8 Å². The molecule has 2 fully saturated rings. The highest BCUT2D eigenvalue weighted by atomic mass is 16.2. The van der Waals surface area contributed by atoms with Crippen molar-refractivity contribution in [2.24, 2.45) is 11.8 Å². The van der Waals surface area contributed by atoms with Gasteiger partial charge in [-0.05, 0) is 58.0 Å². The number of rotatable bonds is 9. The highest BCUT2D eigenvalue weighted by molar-refractivity contribution is 5.93. The number of nitrogens with one attached hydrogen (secondary N) is 2. The van der Waals surface area contributed by atoms with E-state index < -0.39 is 6.04 Å². The maximum absolute atomic E-state index is 13.6. The zero-order valence-corrected chi connectivity index (χ0v) is 23.9. The first-order valence-corrected chi connectivity index (χ1v) is 14.3. The Hall–Kier alpha value is -1.89. The Balaban J connectivity index is 2.09. The highest BCUT2D eigenvalue weighted by Gasteiger charge is 2.34. The lowest BCUT2D eigenvalue weighted by atomic mass is 9.95. The Morgan fingerprint density at radius 3 is 2.03 bits per heavy atom. The van der Waals surface area contributed by atoms with E-state index in [0.29, 0.717) is 5.57 Å². The third kappa shape index (κ3) is 8.89. The minimum absolute atomic E-state index is 0.0406. The van der Waals surface area contributed by atoms with Crippen molar-refractivity contribution in [2.75, 3.05) is 20.6 Å². The summed E-state index contributed by atoms with van der Waals surface area (Å²) < 4.78 is 0. The Kier molecular flexibility index (Phi) is 12.4. The molecule has 0 aromatic carbocycles. The fourth-order valence-corrected chi connectivity index (χ4v) is 5.52. The third-order valence-corrected chi connectivity index (χ3v) is 8.00. The number of carbonyl (C=O) groups excluding carboxylic acids is 3. The number of carbonyl (C=O) groups is 3. The maximum atomic E-state index is 13.6. The summed E-state index contributed by atoms with van der Waals surface area (Å²) in [6.07, 6.45) is 13.1. The lowest BCUT2D eigenvalue weighted by molar-refractivity contribution is -0.139. The first-order chi connectivity index (χ1) is 17.0. The topological polar surface area (TPSA) is 81.8 Å². The zero-order chi connectivity index (χ0) is 26.8. The van der Waals surface area contributed by atoms with Gasteiger partial charge in [-0.3, -0.25) is 19.3 Å². The molecular formula is C29H52N4O3. The quantitative estimate of drug-likeness (QED) is 0.460. The van der Waals surface area contributed by atoms with Gasteiger partial charge >= 0.3 is 0 Å². The van der Waals surface area contributed by atoms with Crippen molar-refractivity contribution in [2.45, 2.75) is 123 Å². The molecule has 7 heteroatoms. The number of amides is 3. The van der Waals surface area contributed by atoms with Crippen LogP contribution in [-0.2, 0) is 14.4 Å². The number of piperidine rings is 1. The fraction of sp³-hybridized carbons (Fsp3) is 0.828. The van der Waals surface area contributed by atoms with E-state index in [9.17, 15) is 14.4 Å². The van der Waals surface area contributed by atoms with E-state index in [-0.39, 0.29) is 47.7 Å². The lowest BCUT2D eigenvalue weighted by Crippen LogP contribution is -2.57. The first kappa shape index (κ1) is 30.3. The van der Waals surface area contributed by atoms with Crippen LogP contribution in [0.4, 0.5) is 0 Å². The fourth-order valence-electron chi connectivity index (χ4n) is 5.52. The summed E-state index contributed by atoms with van der Waals surface area (Å²) >= 11 is 0. The average Bonchev–Trinajstić information content (AvgIpc) is 2.81. The van der Waals surface area contributed by atoms with Crippen molar-refractivity contribution in [1.82, 2.24) is 20.4 Å². The molecule has 1 saturated carbocycles. The van der Waals surface area contributed by atoms with Crippen LogP contribution in [0.15, 0.2) is 11.6 Å². The van der Waals surface area contributed by atoms with Gasteiger partial charge in [-0.2, -0.15) is 0 Å². The molecule has 0 radical (unpaired) electrons. The molecule has 1 aliphatic carbocycles. The van der Waals surface area contributed by atoms with Gasteiger partial charge in [0.05, 0.1) is 12.1 Å². The van der Waals surface area contributed by atoms with Crippen LogP contribution in [0, 0.1) is 11.8 Å². The number of hydrogen-bond acceptors (Lipinski definition) is 4. The molecule has 0 bridgehead atoms. The summed E-state index contributed by atoms with van der Waals surface area (Å²) in [5, 5.41) is 6.29. The van der Waals surface area contributed by atoms with E-state index in [1.807, 2.05) is 33.9 Å². The molecule has 1 aliphatic heterocycles. The van der Waals surface area contributed by atoms with Gasteiger partial charge in [0.2, 0.25) is 17.7 Å². The summed E-state index contributed by atoms with van der Waals surface area (Å²) in [6.45, 7) is 10.8. The van der Waals surface area contributed by atoms with Gasteiger partial charge in [-0.1, -0.05) is 72.3 Å². The molecular weight excluding hydrogens is 452 g/mol. The normalized spacial score (nSPS) is 22.5. The molecule has 3 atom stereocenters. The van der Waals surface area contributed by atoms with E-state index in [1.165, 1.54) is 32.1 Å². The van der Waals surface area contributed by atoms with Crippen LogP contribution >= 0.6 is 0 Å². The van der Waals surface area contributed by atoms with Crippen molar-refractivity contribution in [3.8, 4) is 0 Å². The predicted molar refractivity (Wildman–Crippen MR) is 146 cm³/mol. The van der Waals surface area contributed by atoms with Crippen molar-refractivity contribution < 1.29 is 14.4 Å². The average molecular weight is 505 g/mol. The number of likely N-dealkylation sites (tertiary alicyclic amines) is 1. The molecule has 1 heterocycles. The Labute approximate surface area is 219 Å². The second-order valence-electron chi connectivity index (χ2n) is 11.8. The minimum Gasteiger partial charge on any atom is -0.350 e. The van der Waals surface area contributed by atoms with Gasteiger partial charge in [0.15, 0.2) is 0 Å². The number of likely N-dealkylation sites (N-methyl/N-ethyl adjacent to an activating group) is 2. The Bertz CT molecular complexity index is 756. The van der Waals surface area contributed by atoms with Crippen molar-refractivity contribution in [3.05, 3.63) is 11.6 Å². The van der Waals surface area contributed by atoms with Gasteiger partial charge in [0, 0.05) is 18.7 Å². The molecule has 7 nitrogen and oxygen atoms in total. The Morgan fingerprint density at radius 1 is 0.889 bits per heavy atom. The standard InChI is InChI=1S/C29H52N4O3/c1-20(2)25(19-22(5)27(34)30-23-15-11-9-8-10-12-16-23)33(7)29(36)26(21(3)4)31-28(35)24-17-13-14-18-32(24)6/h19-21,23-26H,8-18H2,1-7H3,(H,30,34)(H,31,35)/t24?,25-,26+/m1/s1. The molecule has 0 spiro atoms. The Morgan fingerprint density at radius 2 is 1.47 bits per heavy atom. The van der Waals surface area contributed by atoms with Crippen LogP contribution < -0.4 is 10.6 Å². The molecule has 2 aliphatic rings. The summed E-state index contributed by atoms with van der Waals surface area (Å²) in [5.74, 6) is -0.139. The smallest absolute Gasteiger partial charge is 0.246 e. The van der Waals surface area contributed by atoms with E-state index in [2.05, 4.69) is 29.4 Å². The molecule has 1 saturated heterocycles. The van der Waals surface area contributed by atoms with Gasteiger partial charge < -0.3 is 15.5 Å². The van der Waals surface area contributed by atoms with Crippen LogP contribution in [-0.4, -0.2) is 72.3 Å². The number of nitrogens with zero attached hydrogens (tertiary/aromatic N) is 2. The largest absolute Gasteiger partial charge is 0.350 e. The molecule has 206 valence electrons. The number of hydrogen-bond donors (Lipinski definition) is 2. The summed E-state index contributed by atoms with van der Waals surface area (Å²) in [6, 6.07) is -0.790. The molecule has 1 unspecified atom stereocenters. The van der Waals surface area contributed by atoms with E-state index >= 15 is 0 Å². The van der Waals surface area contributed by atoms with Crippen LogP contribution in [0.25, 0.3) is 0 Å². The zero-order valence-electron chi connectivity index (χ0n) is 23.9. The molecule has 0 aromatic heterocycles. The SMILES string of the molecule is CC(=C[C@H](C(C)C)N(C)C(=O)[C@@H](NC(=O)C1CCCCN1C)C(C)C)C(=O)NC1CCCCCCC1. The second-order valence-corrected chi connectivity index (χ2v) is 11.8. The van der Waals surface area contributed by atoms with Gasteiger partial charge in [-0.25, -0.2) is 0 Å². The predicted octanol–water partition coefficient (Wildman–Crippen LogP) is 4.27. The second kappa shape index (κ2) is 14.7. The van der Waals surface area contributed by atoms with E-state index in [1.54, 1.807) is 11.9 Å². The minimum atomic E-state index is -0.600. The van der Waals surface area contributed by atoms with Crippen LogP contribution in [0.2, 0.25) is 0 Å². The van der Waals surface area contributed by atoms with Gasteiger partial charge in [0.1, 0.15) is 6.04 Å². The molecule has 36 heavy (non-hydrogen) atoms. The maximum Gasteiger partial charge on any atom is 0.246 e. The molecule has 2 rings (SSSR count). The molecule has 2 N–H and O–H groups in total.